The zero-order valence-electron chi connectivity index (χ0n) is 17.2. The molecule has 0 aliphatic heterocycles. The van der Waals surface area contributed by atoms with E-state index in [4.69, 9.17) is 0 Å². The van der Waals surface area contributed by atoms with E-state index in [2.05, 4.69) is 42.5 Å². The molecule has 29 heavy (non-hydrogen) atoms. The van der Waals surface area contributed by atoms with Crippen LogP contribution in [0.2, 0.25) is 0 Å². The molecule has 1 amide bonds. The Hall–Kier alpha value is -2.95. The number of aromatic nitrogens is 2. The smallest absolute Gasteiger partial charge is 0.257 e. The van der Waals surface area contributed by atoms with Crippen LogP contribution in [-0.4, -0.2) is 26.4 Å². The van der Waals surface area contributed by atoms with Gasteiger partial charge in [0.1, 0.15) is 11.6 Å². The van der Waals surface area contributed by atoms with Gasteiger partial charge in [-0.05, 0) is 62.4 Å². The van der Waals surface area contributed by atoms with Crippen LogP contribution < -0.4 is 0 Å². The molecule has 0 atom stereocenters. The monoisotopic (exact) mass is 391 g/mol. The summed E-state index contributed by atoms with van der Waals surface area (Å²) in [5, 5.41) is 0. The Labute approximate surface area is 171 Å². The van der Waals surface area contributed by atoms with Crippen LogP contribution in [-0.2, 0) is 13.1 Å². The molecule has 1 aliphatic rings. The standard InChI is InChI=1S/C24H26FN3O/c1-16-12-17(2)21(18(3)13-16)14-27-11-10-26-23(27)15-28(19-8-9-19)24(29)20-6-4-5-7-22(20)25/h4-7,10-13,19H,8-9,14-15H2,1-3H3. The summed E-state index contributed by atoms with van der Waals surface area (Å²) in [5.74, 6) is 0.0845. The van der Waals surface area contributed by atoms with Crippen LogP contribution in [0, 0.1) is 26.6 Å². The lowest BCUT2D eigenvalue weighted by molar-refractivity contribution is 0.0719. The normalized spacial score (nSPS) is 13.5. The van der Waals surface area contributed by atoms with Gasteiger partial charge < -0.3 is 9.47 Å². The molecule has 1 saturated carbocycles. The molecule has 0 saturated heterocycles. The molecule has 0 N–H and O–H groups in total. The minimum atomic E-state index is -0.475. The van der Waals surface area contributed by atoms with E-state index >= 15 is 0 Å². The zero-order valence-corrected chi connectivity index (χ0v) is 17.2. The number of amides is 1. The van der Waals surface area contributed by atoms with Crippen molar-refractivity contribution in [2.45, 2.75) is 52.7 Å². The summed E-state index contributed by atoms with van der Waals surface area (Å²) in [5.41, 5.74) is 5.16. The lowest BCUT2D eigenvalue weighted by Gasteiger charge is -2.23. The maximum Gasteiger partial charge on any atom is 0.257 e. The highest BCUT2D eigenvalue weighted by Crippen LogP contribution is 2.30. The number of halogens is 1. The first-order valence-corrected chi connectivity index (χ1v) is 10.1. The molecule has 1 aromatic heterocycles. The largest absolute Gasteiger partial charge is 0.329 e. The van der Waals surface area contributed by atoms with Crippen LogP contribution >= 0.6 is 0 Å². The quantitative estimate of drug-likeness (QED) is 0.605. The molecule has 150 valence electrons. The van der Waals surface area contributed by atoms with E-state index in [1.54, 1.807) is 29.3 Å². The van der Waals surface area contributed by atoms with Gasteiger partial charge in [-0.25, -0.2) is 9.37 Å². The first-order chi connectivity index (χ1) is 13.9. The maximum absolute atomic E-state index is 14.2. The Morgan fingerprint density at radius 3 is 2.52 bits per heavy atom. The van der Waals surface area contributed by atoms with Crippen molar-refractivity contribution < 1.29 is 9.18 Å². The SMILES string of the molecule is Cc1cc(C)c(Cn2ccnc2CN(C(=O)c2ccccc2F)C2CC2)c(C)c1. The molecule has 5 heteroatoms. The average molecular weight is 391 g/mol. The van der Waals surface area contributed by atoms with Crippen LogP contribution in [0.3, 0.4) is 0 Å². The van der Waals surface area contributed by atoms with Gasteiger partial charge in [0.25, 0.3) is 5.91 Å². The Bertz CT molecular complexity index is 1030. The molecule has 4 nitrogen and oxygen atoms in total. The number of hydrogen-bond donors (Lipinski definition) is 0. The molecule has 0 radical (unpaired) electrons. The number of benzene rings is 2. The van der Waals surface area contributed by atoms with Gasteiger partial charge in [0.15, 0.2) is 0 Å². The van der Waals surface area contributed by atoms with E-state index in [1.807, 2.05) is 6.20 Å². The average Bonchev–Trinajstić information content (AvgIpc) is 3.42. The Balaban J connectivity index is 1.59. The molecule has 3 aromatic rings. The summed E-state index contributed by atoms with van der Waals surface area (Å²) in [6, 6.07) is 10.7. The minimum absolute atomic E-state index is 0.128. The fraction of sp³-hybridized carbons (Fsp3) is 0.333. The van der Waals surface area contributed by atoms with Gasteiger partial charge in [-0.15, -0.1) is 0 Å². The van der Waals surface area contributed by atoms with Crippen LogP contribution in [0.4, 0.5) is 4.39 Å². The van der Waals surface area contributed by atoms with Gasteiger partial charge in [0, 0.05) is 25.0 Å². The molecule has 1 fully saturated rings. The van der Waals surface area contributed by atoms with Gasteiger partial charge in [-0.3, -0.25) is 4.79 Å². The first-order valence-electron chi connectivity index (χ1n) is 10.1. The van der Waals surface area contributed by atoms with Gasteiger partial charge in [-0.1, -0.05) is 29.8 Å². The predicted octanol–water partition coefficient (Wildman–Crippen LogP) is 4.80. The number of carbonyl (C=O) groups is 1. The molecule has 0 bridgehead atoms. The second-order valence-electron chi connectivity index (χ2n) is 7.99. The lowest BCUT2D eigenvalue weighted by Crippen LogP contribution is -2.34. The van der Waals surface area contributed by atoms with Crippen molar-refractivity contribution in [3.8, 4) is 0 Å². The topological polar surface area (TPSA) is 38.1 Å². The molecule has 1 heterocycles. The van der Waals surface area contributed by atoms with E-state index < -0.39 is 5.82 Å². The van der Waals surface area contributed by atoms with Gasteiger partial charge in [-0.2, -0.15) is 0 Å². The number of nitrogens with zero attached hydrogens (tertiary/aromatic N) is 3. The van der Waals surface area contributed by atoms with E-state index in [1.165, 1.54) is 28.3 Å². The van der Waals surface area contributed by atoms with Crippen molar-refractivity contribution in [3.05, 3.63) is 88.3 Å². The highest BCUT2D eigenvalue weighted by atomic mass is 19.1. The second kappa shape index (κ2) is 7.82. The van der Waals surface area contributed by atoms with Gasteiger partial charge in [0.2, 0.25) is 0 Å². The number of hydrogen-bond acceptors (Lipinski definition) is 2. The van der Waals surface area contributed by atoms with Gasteiger partial charge >= 0.3 is 0 Å². The summed E-state index contributed by atoms with van der Waals surface area (Å²) in [6.07, 6.45) is 5.63. The van der Waals surface area contributed by atoms with Crippen LogP contribution in [0.1, 0.15) is 51.3 Å². The van der Waals surface area contributed by atoms with Crippen LogP contribution in [0.5, 0.6) is 0 Å². The zero-order chi connectivity index (χ0) is 20.5. The highest BCUT2D eigenvalue weighted by Gasteiger charge is 2.34. The number of rotatable bonds is 6. The Kier molecular flexibility index (Phi) is 5.22. The molecule has 4 rings (SSSR count). The Morgan fingerprint density at radius 1 is 1.17 bits per heavy atom. The minimum Gasteiger partial charge on any atom is -0.329 e. The second-order valence-corrected chi connectivity index (χ2v) is 7.99. The van der Waals surface area contributed by atoms with Crippen molar-refractivity contribution in [1.29, 1.82) is 0 Å². The fourth-order valence-corrected chi connectivity index (χ4v) is 3.96. The van der Waals surface area contributed by atoms with E-state index in [0.717, 1.165) is 18.7 Å². The number of aryl methyl sites for hydroxylation is 3. The predicted molar refractivity (Wildman–Crippen MR) is 111 cm³/mol. The van der Waals surface area contributed by atoms with Crippen molar-refractivity contribution in [2.24, 2.45) is 0 Å². The summed E-state index contributed by atoms with van der Waals surface area (Å²) in [6.45, 7) is 7.46. The third-order valence-corrected chi connectivity index (χ3v) is 5.64. The van der Waals surface area contributed by atoms with Crippen molar-refractivity contribution in [1.82, 2.24) is 14.5 Å². The molecular weight excluding hydrogens is 365 g/mol. The maximum atomic E-state index is 14.2. The van der Waals surface area contributed by atoms with E-state index in [9.17, 15) is 9.18 Å². The summed E-state index contributed by atoms with van der Waals surface area (Å²) in [4.78, 5) is 19.3. The number of carbonyl (C=O) groups excluding carboxylic acids is 1. The van der Waals surface area contributed by atoms with Crippen molar-refractivity contribution in [2.75, 3.05) is 0 Å². The summed E-state index contributed by atoms with van der Waals surface area (Å²) >= 11 is 0. The Morgan fingerprint density at radius 2 is 1.86 bits per heavy atom. The molecule has 2 aromatic carbocycles. The van der Waals surface area contributed by atoms with Crippen LogP contribution in [0.15, 0.2) is 48.8 Å². The lowest BCUT2D eigenvalue weighted by atomic mass is 10.00. The molecule has 1 aliphatic carbocycles. The third-order valence-electron chi connectivity index (χ3n) is 5.64. The molecular formula is C24H26FN3O. The van der Waals surface area contributed by atoms with E-state index in [-0.39, 0.29) is 17.5 Å². The van der Waals surface area contributed by atoms with Crippen molar-refractivity contribution >= 4 is 5.91 Å². The molecule has 0 unspecified atom stereocenters. The highest BCUT2D eigenvalue weighted by molar-refractivity contribution is 5.94. The number of imidazole rings is 1. The summed E-state index contributed by atoms with van der Waals surface area (Å²) < 4.78 is 16.3. The molecule has 0 spiro atoms. The third kappa shape index (κ3) is 4.09. The fourth-order valence-electron chi connectivity index (χ4n) is 3.96. The van der Waals surface area contributed by atoms with Crippen molar-refractivity contribution in [3.63, 3.8) is 0 Å². The van der Waals surface area contributed by atoms with Crippen LogP contribution in [0.25, 0.3) is 0 Å². The first kappa shape index (κ1) is 19.4. The van der Waals surface area contributed by atoms with E-state index in [0.29, 0.717) is 13.1 Å². The van der Waals surface area contributed by atoms with Gasteiger partial charge in [0.05, 0.1) is 12.1 Å². The summed E-state index contributed by atoms with van der Waals surface area (Å²) in [7, 11) is 0.